The summed E-state index contributed by atoms with van der Waals surface area (Å²) in [5, 5.41) is 40.2. The van der Waals surface area contributed by atoms with Crippen molar-refractivity contribution in [3.63, 3.8) is 0 Å². The van der Waals surface area contributed by atoms with Gasteiger partial charge in [0.15, 0.2) is 5.78 Å². The average Bonchev–Trinajstić information content (AvgIpc) is 2.76. The van der Waals surface area contributed by atoms with Crippen LogP contribution in [0.2, 0.25) is 0 Å². The van der Waals surface area contributed by atoms with Crippen molar-refractivity contribution in [2.45, 2.75) is 19.3 Å². The predicted octanol–water partition coefficient (Wildman–Crippen LogP) is 4.59. The van der Waals surface area contributed by atoms with Crippen LogP contribution in [-0.2, 0) is 12.8 Å². The Hall–Kier alpha value is -3.93. The summed E-state index contributed by atoms with van der Waals surface area (Å²) in [4.78, 5) is 12.7. The maximum Gasteiger partial charge on any atom is 0.170 e. The van der Waals surface area contributed by atoms with E-state index in [4.69, 9.17) is 4.74 Å². The molecule has 0 aromatic heterocycles. The predicted molar refractivity (Wildman–Crippen MR) is 118 cm³/mol. The Morgan fingerprint density at radius 3 is 2.26 bits per heavy atom. The first-order valence-corrected chi connectivity index (χ1v) is 9.77. The van der Waals surface area contributed by atoms with Gasteiger partial charge in [0, 0.05) is 18.1 Å². The third kappa shape index (κ3) is 5.36. The van der Waals surface area contributed by atoms with Crippen molar-refractivity contribution in [1.82, 2.24) is 0 Å². The summed E-state index contributed by atoms with van der Waals surface area (Å²) in [7, 11) is 1.58. The summed E-state index contributed by atoms with van der Waals surface area (Å²) in [6, 6.07) is 14.9. The lowest BCUT2D eigenvalue weighted by Crippen LogP contribution is -2.04. The van der Waals surface area contributed by atoms with E-state index in [-0.39, 0.29) is 35.5 Å². The number of carbonyl (C=O) groups is 1. The third-order valence-corrected chi connectivity index (χ3v) is 4.97. The minimum Gasteiger partial charge on any atom is -0.508 e. The maximum atomic E-state index is 12.7. The summed E-state index contributed by atoms with van der Waals surface area (Å²) < 4.78 is 5.11. The van der Waals surface area contributed by atoms with E-state index in [1.165, 1.54) is 0 Å². The summed E-state index contributed by atoms with van der Waals surface area (Å²) in [5.41, 5.74) is 1.70. The number of Topliss-reactive ketones (excluding diaryl/α,β-unsaturated/α-hetero) is 1. The van der Waals surface area contributed by atoms with Crippen LogP contribution in [0.5, 0.6) is 28.7 Å². The molecule has 0 heterocycles. The quantitative estimate of drug-likeness (QED) is 0.397. The molecule has 0 unspecified atom stereocenters. The molecular weight excluding hydrogens is 396 g/mol. The molecule has 0 aliphatic heterocycles. The van der Waals surface area contributed by atoms with Gasteiger partial charge in [0.2, 0.25) is 0 Å². The van der Waals surface area contributed by atoms with E-state index in [1.54, 1.807) is 55.7 Å². The number of ketones is 1. The lowest BCUT2D eigenvalue weighted by molar-refractivity contribution is 0.0977. The van der Waals surface area contributed by atoms with Crippen molar-refractivity contribution in [2.75, 3.05) is 7.11 Å². The van der Waals surface area contributed by atoms with Gasteiger partial charge in [-0.15, -0.1) is 0 Å². The molecular formula is C25H24O6. The van der Waals surface area contributed by atoms with Gasteiger partial charge in [-0.1, -0.05) is 36.4 Å². The average molecular weight is 420 g/mol. The lowest BCUT2D eigenvalue weighted by atomic mass is 9.97. The molecule has 0 radical (unpaired) electrons. The lowest BCUT2D eigenvalue weighted by Gasteiger charge is -2.12. The molecule has 3 aromatic rings. The first-order chi connectivity index (χ1) is 14.9. The van der Waals surface area contributed by atoms with Gasteiger partial charge in [-0.25, -0.2) is 0 Å². The van der Waals surface area contributed by atoms with Gasteiger partial charge in [-0.05, 0) is 48.2 Å². The van der Waals surface area contributed by atoms with Crippen molar-refractivity contribution in [1.29, 1.82) is 0 Å². The number of methoxy groups -OCH3 is 1. The number of hydrogen-bond acceptors (Lipinski definition) is 6. The van der Waals surface area contributed by atoms with Crippen LogP contribution in [0.15, 0.2) is 60.7 Å². The smallest absolute Gasteiger partial charge is 0.170 e. The standard InChI is InChI=1S/C25H24O6/c1-31-19-12-7-17(8-13-19)9-14-21(27)24-23(29)15-22(28)20(25(24)30)4-2-3-16-5-10-18(26)11-6-16/h2-3,5-8,10-13,15,26,28-30H,4,9,14H2,1H3/b3-2+. The molecule has 0 amide bonds. The van der Waals surface area contributed by atoms with Gasteiger partial charge in [0.1, 0.15) is 34.3 Å². The molecule has 0 aliphatic carbocycles. The fraction of sp³-hybridized carbons (Fsp3) is 0.160. The monoisotopic (exact) mass is 420 g/mol. The zero-order valence-electron chi connectivity index (χ0n) is 17.1. The number of ether oxygens (including phenoxy) is 1. The Bertz CT molecular complexity index is 1080. The molecule has 6 heteroatoms. The van der Waals surface area contributed by atoms with Crippen molar-refractivity contribution in [3.8, 4) is 28.7 Å². The summed E-state index contributed by atoms with van der Waals surface area (Å²) in [5.74, 6) is -0.724. The van der Waals surface area contributed by atoms with E-state index in [9.17, 15) is 25.2 Å². The number of hydrogen-bond donors (Lipinski definition) is 4. The minimum absolute atomic E-state index is 0.0843. The van der Waals surface area contributed by atoms with Crippen LogP contribution in [0.4, 0.5) is 0 Å². The molecule has 3 rings (SSSR count). The number of phenols is 4. The molecule has 6 nitrogen and oxygen atoms in total. The van der Waals surface area contributed by atoms with Gasteiger partial charge < -0.3 is 25.2 Å². The highest BCUT2D eigenvalue weighted by Crippen LogP contribution is 2.38. The largest absolute Gasteiger partial charge is 0.508 e. The fourth-order valence-corrected chi connectivity index (χ4v) is 3.23. The van der Waals surface area contributed by atoms with Gasteiger partial charge in [0.05, 0.1) is 7.11 Å². The highest BCUT2D eigenvalue weighted by Gasteiger charge is 2.22. The number of aryl methyl sites for hydroxylation is 1. The zero-order valence-corrected chi connectivity index (χ0v) is 17.1. The second-order valence-electron chi connectivity index (χ2n) is 7.09. The van der Waals surface area contributed by atoms with Crippen LogP contribution in [-0.4, -0.2) is 33.3 Å². The van der Waals surface area contributed by atoms with E-state index >= 15 is 0 Å². The molecule has 0 spiro atoms. The van der Waals surface area contributed by atoms with Gasteiger partial charge in [-0.2, -0.15) is 0 Å². The molecule has 0 saturated carbocycles. The number of rotatable bonds is 8. The first-order valence-electron chi connectivity index (χ1n) is 9.77. The molecule has 4 N–H and O–H groups in total. The molecule has 0 fully saturated rings. The number of aromatic hydroxyl groups is 4. The van der Waals surface area contributed by atoms with Crippen LogP contribution in [0.25, 0.3) is 6.08 Å². The van der Waals surface area contributed by atoms with E-state index < -0.39 is 17.3 Å². The van der Waals surface area contributed by atoms with E-state index in [2.05, 4.69) is 0 Å². The van der Waals surface area contributed by atoms with Crippen LogP contribution < -0.4 is 4.74 Å². The van der Waals surface area contributed by atoms with E-state index in [1.807, 2.05) is 12.1 Å². The molecule has 0 atom stereocenters. The summed E-state index contributed by atoms with van der Waals surface area (Å²) >= 11 is 0. The van der Waals surface area contributed by atoms with Crippen molar-refractivity contribution in [3.05, 3.63) is 82.9 Å². The van der Waals surface area contributed by atoms with Crippen LogP contribution >= 0.6 is 0 Å². The minimum atomic E-state index is -0.457. The normalized spacial score (nSPS) is 11.0. The highest BCUT2D eigenvalue weighted by atomic mass is 16.5. The van der Waals surface area contributed by atoms with Gasteiger partial charge in [-0.3, -0.25) is 4.79 Å². The zero-order chi connectivity index (χ0) is 22.4. The molecule has 160 valence electrons. The third-order valence-electron chi connectivity index (χ3n) is 4.97. The molecule has 3 aromatic carbocycles. The van der Waals surface area contributed by atoms with E-state index in [0.29, 0.717) is 12.2 Å². The topological polar surface area (TPSA) is 107 Å². The number of carbonyl (C=O) groups excluding carboxylic acids is 1. The van der Waals surface area contributed by atoms with Crippen molar-refractivity contribution in [2.24, 2.45) is 0 Å². The summed E-state index contributed by atoms with van der Waals surface area (Å²) in [6.07, 6.45) is 4.14. The molecule has 0 saturated heterocycles. The van der Waals surface area contributed by atoms with Crippen LogP contribution in [0.1, 0.15) is 33.5 Å². The SMILES string of the molecule is COc1ccc(CCC(=O)c2c(O)cc(O)c(C/C=C/c3ccc(O)cc3)c2O)cc1. The molecule has 0 bridgehead atoms. The maximum absolute atomic E-state index is 12.7. The van der Waals surface area contributed by atoms with Gasteiger partial charge >= 0.3 is 0 Å². The number of benzene rings is 3. The second-order valence-corrected chi connectivity index (χ2v) is 7.09. The van der Waals surface area contributed by atoms with Crippen LogP contribution in [0.3, 0.4) is 0 Å². The highest BCUT2D eigenvalue weighted by molar-refractivity contribution is 6.02. The summed E-state index contributed by atoms with van der Waals surface area (Å²) in [6.45, 7) is 0. The Kier molecular flexibility index (Phi) is 6.82. The first kappa shape index (κ1) is 21.8. The Morgan fingerprint density at radius 1 is 0.935 bits per heavy atom. The van der Waals surface area contributed by atoms with Crippen molar-refractivity contribution >= 4 is 11.9 Å². The van der Waals surface area contributed by atoms with Crippen molar-refractivity contribution < 1.29 is 30.0 Å². The number of allylic oxidation sites excluding steroid dienone is 1. The molecule has 31 heavy (non-hydrogen) atoms. The Balaban J connectivity index is 1.75. The fourth-order valence-electron chi connectivity index (χ4n) is 3.23. The van der Waals surface area contributed by atoms with Crippen LogP contribution in [0, 0.1) is 0 Å². The Morgan fingerprint density at radius 2 is 1.61 bits per heavy atom. The van der Waals surface area contributed by atoms with E-state index in [0.717, 1.165) is 17.2 Å². The molecule has 0 aliphatic rings. The second kappa shape index (κ2) is 9.71. The Labute approximate surface area is 180 Å². The van der Waals surface area contributed by atoms with Gasteiger partial charge in [0.25, 0.3) is 0 Å². The number of phenolic OH excluding ortho intramolecular Hbond substituents is 4.